The van der Waals surface area contributed by atoms with Crippen LogP contribution in [0, 0.1) is 11.3 Å². The molecule has 2 N–H and O–H groups in total. The third-order valence-corrected chi connectivity index (χ3v) is 2.20. The normalized spacial score (nSPS) is 9.33. The van der Waals surface area contributed by atoms with Gasteiger partial charge in [0.15, 0.2) is 0 Å². The Kier molecular flexibility index (Phi) is 5.39. The highest BCUT2D eigenvalue weighted by molar-refractivity contribution is 5.75. The number of nitrogens with one attached hydrogen (secondary N) is 2. The first-order valence-corrected chi connectivity index (χ1v) is 5.43. The van der Waals surface area contributed by atoms with Gasteiger partial charge in [-0.2, -0.15) is 5.26 Å². The lowest BCUT2D eigenvalue weighted by Gasteiger charge is -2.08. The number of halogens is 1. The van der Waals surface area contributed by atoms with E-state index in [1.54, 1.807) is 24.3 Å². The van der Waals surface area contributed by atoms with Gasteiger partial charge in [-0.1, -0.05) is 18.7 Å². The molecule has 4 nitrogen and oxygen atoms in total. The first-order valence-electron chi connectivity index (χ1n) is 5.43. The van der Waals surface area contributed by atoms with E-state index in [0.717, 1.165) is 5.56 Å². The van der Waals surface area contributed by atoms with Gasteiger partial charge in [0.05, 0.1) is 18.3 Å². The summed E-state index contributed by atoms with van der Waals surface area (Å²) in [5.41, 5.74) is 1.69. The van der Waals surface area contributed by atoms with Gasteiger partial charge in [0.2, 0.25) is 0 Å². The molecule has 0 saturated heterocycles. The molecule has 2 amide bonds. The number of hydrogen-bond donors (Lipinski definition) is 2. The number of carbonyl (C=O) groups excluding carboxylic acids is 1. The molecule has 0 bridgehead atoms. The molecule has 0 aliphatic carbocycles. The predicted octanol–water partition coefficient (Wildman–Crippen LogP) is 2.23. The summed E-state index contributed by atoms with van der Waals surface area (Å²) in [7, 11) is 0. The van der Waals surface area contributed by atoms with E-state index in [4.69, 9.17) is 5.26 Å². The molecular weight excluding hydrogens is 233 g/mol. The van der Waals surface area contributed by atoms with Gasteiger partial charge in [-0.3, -0.25) is 4.39 Å². The molecule has 0 fully saturated rings. The van der Waals surface area contributed by atoms with Crippen molar-refractivity contribution in [3.63, 3.8) is 0 Å². The highest BCUT2D eigenvalue weighted by atomic mass is 19.1. The quantitative estimate of drug-likeness (QED) is 0.838. The minimum atomic E-state index is -0.552. The van der Waals surface area contributed by atoms with E-state index < -0.39 is 12.7 Å². The Morgan fingerprint density at radius 2 is 2.28 bits per heavy atom. The van der Waals surface area contributed by atoms with Gasteiger partial charge in [-0.15, -0.1) is 0 Å². The number of nitrogens with zero attached hydrogens (tertiary/aromatic N) is 1. The lowest BCUT2D eigenvalue weighted by molar-refractivity contribution is 0.242. The Hall–Kier alpha value is -2.35. The molecule has 1 aromatic carbocycles. The Morgan fingerprint density at radius 1 is 1.50 bits per heavy atom. The van der Waals surface area contributed by atoms with Crippen LogP contribution in [0.3, 0.4) is 0 Å². The molecule has 0 spiro atoms. The van der Waals surface area contributed by atoms with Crippen LogP contribution in [-0.4, -0.2) is 12.7 Å². The van der Waals surface area contributed by atoms with Crippen LogP contribution < -0.4 is 10.6 Å². The number of urea groups is 1. The molecule has 1 rings (SSSR count). The lowest BCUT2D eigenvalue weighted by Crippen LogP contribution is -2.34. The van der Waals surface area contributed by atoms with Crippen molar-refractivity contribution >= 4 is 6.03 Å². The minimum Gasteiger partial charge on any atom is -0.334 e. The van der Waals surface area contributed by atoms with Gasteiger partial charge in [-0.25, -0.2) is 4.79 Å². The number of benzene rings is 1. The average molecular weight is 247 g/mol. The fraction of sp³-hybridized carbons (Fsp3) is 0.231. The SMILES string of the molecule is C=C(CCF)NC(=O)NCc1cccc(C#N)c1. The number of hydrogen-bond acceptors (Lipinski definition) is 2. The van der Waals surface area contributed by atoms with Crippen LogP contribution in [0.25, 0.3) is 0 Å². The Bertz CT molecular complexity index is 479. The van der Waals surface area contributed by atoms with Crippen molar-refractivity contribution in [1.82, 2.24) is 10.6 Å². The fourth-order valence-corrected chi connectivity index (χ4v) is 1.31. The predicted molar refractivity (Wildman–Crippen MR) is 66.3 cm³/mol. The molecule has 0 atom stereocenters. The fourth-order valence-electron chi connectivity index (χ4n) is 1.31. The van der Waals surface area contributed by atoms with Crippen LogP contribution in [0.1, 0.15) is 17.5 Å². The third kappa shape index (κ3) is 4.66. The van der Waals surface area contributed by atoms with Crippen LogP contribution in [-0.2, 0) is 6.54 Å². The van der Waals surface area contributed by atoms with Crippen LogP contribution in [0.2, 0.25) is 0 Å². The Labute approximate surface area is 105 Å². The molecule has 0 saturated carbocycles. The average Bonchev–Trinajstić information content (AvgIpc) is 2.37. The number of amides is 2. The summed E-state index contributed by atoms with van der Waals surface area (Å²) in [4.78, 5) is 11.4. The molecule has 5 heteroatoms. The number of alkyl halides is 1. The second-order valence-corrected chi connectivity index (χ2v) is 3.66. The second kappa shape index (κ2) is 7.07. The smallest absolute Gasteiger partial charge is 0.319 e. The monoisotopic (exact) mass is 247 g/mol. The summed E-state index contributed by atoms with van der Waals surface area (Å²) in [6, 6.07) is 8.51. The van der Waals surface area contributed by atoms with E-state index in [2.05, 4.69) is 17.2 Å². The van der Waals surface area contributed by atoms with Crippen molar-refractivity contribution in [3.05, 3.63) is 47.7 Å². The van der Waals surface area contributed by atoms with Crippen LogP contribution in [0.4, 0.5) is 9.18 Å². The maximum atomic E-state index is 12.0. The van der Waals surface area contributed by atoms with E-state index >= 15 is 0 Å². The maximum Gasteiger partial charge on any atom is 0.319 e. The summed E-state index contributed by atoms with van der Waals surface area (Å²) >= 11 is 0. The third-order valence-electron chi connectivity index (χ3n) is 2.20. The summed E-state index contributed by atoms with van der Waals surface area (Å²) in [5.74, 6) is 0. The highest BCUT2D eigenvalue weighted by Crippen LogP contribution is 2.03. The molecule has 0 aromatic heterocycles. The van der Waals surface area contributed by atoms with Crippen molar-refractivity contribution < 1.29 is 9.18 Å². The van der Waals surface area contributed by atoms with Gasteiger partial charge in [0, 0.05) is 18.7 Å². The standard InChI is InChI=1S/C13H14FN3O/c1-10(5-6-14)17-13(18)16-9-12-4-2-3-11(7-12)8-15/h2-4,7H,1,5-6,9H2,(H2,16,17,18). The van der Waals surface area contributed by atoms with Crippen LogP contribution >= 0.6 is 0 Å². The summed E-state index contributed by atoms with van der Waals surface area (Å²) in [6.07, 6.45) is 0.108. The van der Waals surface area contributed by atoms with Gasteiger partial charge in [0.1, 0.15) is 0 Å². The van der Waals surface area contributed by atoms with E-state index in [-0.39, 0.29) is 6.42 Å². The van der Waals surface area contributed by atoms with Crippen LogP contribution in [0.15, 0.2) is 36.5 Å². The van der Waals surface area contributed by atoms with E-state index in [1.807, 2.05) is 6.07 Å². The molecule has 1 aromatic rings. The molecule has 94 valence electrons. The molecule has 0 aliphatic heterocycles. The van der Waals surface area contributed by atoms with Crippen LogP contribution in [0.5, 0.6) is 0 Å². The van der Waals surface area contributed by atoms with Crippen molar-refractivity contribution in [1.29, 1.82) is 5.26 Å². The topological polar surface area (TPSA) is 64.9 Å². The van der Waals surface area contributed by atoms with Crippen molar-refractivity contribution in [3.8, 4) is 6.07 Å². The number of allylic oxidation sites excluding steroid dienone is 1. The Morgan fingerprint density at radius 3 is 2.94 bits per heavy atom. The van der Waals surface area contributed by atoms with Gasteiger partial charge in [-0.05, 0) is 17.7 Å². The van der Waals surface area contributed by atoms with Crippen molar-refractivity contribution in [2.75, 3.05) is 6.67 Å². The summed E-state index contributed by atoms with van der Waals surface area (Å²) < 4.78 is 12.0. The van der Waals surface area contributed by atoms with Gasteiger partial charge in [0.25, 0.3) is 0 Å². The first kappa shape index (κ1) is 13.7. The lowest BCUT2D eigenvalue weighted by atomic mass is 10.1. The second-order valence-electron chi connectivity index (χ2n) is 3.66. The summed E-state index contributed by atoms with van der Waals surface area (Å²) in [5, 5.41) is 13.7. The minimum absolute atomic E-state index is 0.108. The van der Waals surface area contributed by atoms with Crippen molar-refractivity contribution in [2.45, 2.75) is 13.0 Å². The molecule has 0 unspecified atom stereocenters. The van der Waals surface area contributed by atoms with Crippen molar-refractivity contribution in [2.24, 2.45) is 0 Å². The number of rotatable bonds is 5. The summed E-state index contributed by atoms with van der Waals surface area (Å²) in [6.45, 7) is 3.26. The van der Waals surface area contributed by atoms with E-state index in [0.29, 0.717) is 17.8 Å². The van der Waals surface area contributed by atoms with E-state index in [9.17, 15) is 9.18 Å². The largest absolute Gasteiger partial charge is 0.334 e. The van der Waals surface area contributed by atoms with E-state index in [1.165, 1.54) is 0 Å². The van der Waals surface area contributed by atoms with Gasteiger partial charge >= 0.3 is 6.03 Å². The number of carbonyl (C=O) groups is 1. The zero-order chi connectivity index (χ0) is 13.4. The molecule has 18 heavy (non-hydrogen) atoms. The molecule has 0 radical (unpaired) electrons. The highest BCUT2D eigenvalue weighted by Gasteiger charge is 2.02. The molecule has 0 aliphatic rings. The molecular formula is C13H14FN3O. The Balaban J connectivity index is 2.43. The zero-order valence-electron chi connectivity index (χ0n) is 9.87. The zero-order valence-corrected chi connectivity index (χ0v) is 9.87. The van der Waals surface area contributed by atoms with Gasteiger partial charge < -0.3 is 10.6 Å². The molecule has 0 heterocycles. The first-order chi connectivity index (χ1) is 8.65. The number of nitriles is 1. The maximum absolute atomic E-state index is 12.0.